The van der Waals surface area contributed by atoms with E-state index in [1.54, 1.807) is 12.3 Å². The molecule has 1 heterocycles. The molecule has 0 saturated heterocycles. The molecule has 0 spiro atoms. The summed E-state index contributed by atoms with van der Waals surface area (Å²) in [5.74, 6) is 1.46. The Bertz CT molecular complexity index is 585. The molecule has 4 nitrogen and oxygen atoms in total. The number of aryl methyl sites for hydroxylation is 1. The lowest BCUT2D eigenvalue weighted by Gasteiger charge is -2.01. The number of hydrogen-bond acceptors (Lipinski definition) is 3. The maximum Gasteiger partial charge on any atom is 0.221 e. The van der Waals surface area contributed by atoms with Gasteiger partial charge in [-0.2, -0.15) is 0 Å². The first kappa shape index (κ1) is 12.1. The Balaban J connectivity index is 2.14. The number of furan rings is 1. The molecule has 0 atom stereocenters. The molecule has 0 unspecified atom stereocenters. The summed E-state index contributed by atoms with van der Waals surface area (Å²) in [5.41, 5.74) is 1.49. The molecular weight excluding hydrogens is 228 g/mol. The Morgan fingerprint density at radius 2 is 2.17 bits per heavy atom. The molecule has 0 radical (unpaired) electrons. The molecule has 0 bridgehead atoms. The first-order valence-corrected chi connectivity index (χ1v) is 5.61. The zero-order valence-corrected chi connectivity index (χ0v) is 10.3. The first-order chi connectivity index (χ1) is 8.63. The van der Waals surface area contributed by atoms with Crippen LogP contribution >= 0.6 is 0 Å². The van der Waals surface area contributed by atoms with E-state index in [1.165, 1.54) is 6.92 Å². The highest BCUT2D eigenvalue weighted by Gasteiger charge is 1.97. The fourth-order valence-corrected chi connectivity index (χ4v) is 1.53. The molecule has 92 valence electrons. The smallest absolute Gasteiger partial charge is 0.221 e. The van der Waals surface area contributed by atoms with Crippen molar-refractivity contribution in [2.75, 3.05) is 5.32 Å². The summed E-state index contributed by atoms with van der Waals surface area (Å²) in [5, 5.41) is 2.71. The van der Waals surface area contributed by atoms with Crippen molar-refractivity contribution in [1.82, 2.24) is 0 Å². The molecule has 0 aliphatic carbocycles. The minimum absolute atomic E-state index is 0.0993. The summed E-state index contributed by atoms with van der Waals surface area (Å²) >= 11 is 0. The zero-order chi connectivity index (χ0) is 13.0. The number of aliphatic imine (C=N–C) groups is 1. The average Bonchev–Trinajstić information content (AvgIpc) is 2.72. The van der Waals surface area contributed by atoms with Crippen molar-refractivity contribution in [2.45, 2.75) is 13.8 Å². The van der Waals surface area contributed by atoms with E-state index in [0.29, 0.717) is 5.76 Å². The number of carbonyl (C=O) groups is 1. The fraction of sp³-hybridized carbons (Fsp3) is 0.143. The van der Waals surface area contributed by atoms with Gasteiger partial charge in [-0.15, -0.1) is 0 Å². The van der Waals surface area contributed by atoms with Gasteiger partial charge in [-0.05, 0) is 37.3 Å². The van der Waals surface area contributed by atoms with Crippen LogP contribution in [0.4, 0.5) is 11.4 Å². The van der Waals surface area contributed by atoms with E-state index >= 15 is 0 Å². The van der Waals surface area contributed by atoms with Gasteiger partial charge < -0.3 is 9.73 Å². The van der Waals surface area contributed by atoms with Crippen molar-refractivity contribution in [3.8, 4) is 0 Å². The van der Waals surface area contributed by atoms with Gasteiger partial charge in [0.1, 0.15) is 11.5 Å². The second kappa shape index (κ2) is 5.31. The number of nitrogens with one attached hydrogen (secondary N) is 1. The highest BCUT2D eigenvalue weighted by Crippen LogP contribution is 2.18. The van der Waals surface area contributed by atoms with Crippen LogP contribution in [0.25, 0.3) is 0 Å². The zero-order valence-electron chi connectivity index (χ0n) is 10.3. The van der Waals surface area contributed by atoms with Crippen molar-refractivity contribution in [1.29, 1.82) is 0 Å². The number of rotatable bonds is 3. The highest BCUT2D eigenvalue weighted by atomic mass is 16.3. The van der Waals surface area contributed by atoms with Gasteiger partial charge in [0.25, 0.3) is 0 Å². The lowest BCUT2D eigenvalue weighted by Crippen LogP contribution is -2.05. The Hall–Kier alpha value is -2.36. The summed E-state index contributed by atoms with van der Waals surface area (Å²) in [6.45, 7) is 3.36. The minimum Gasteiger partial charge on any atom is -0.460 e. The van der Waals surface area contributed by atoms with Crippen LogP contribution in [0.1, 0.15) is 18.4 Å². The SMILES string of the molecule is CC(=O)Nc1cccc(N=Cc2ccc(C)o2)c1. The van der Waals surface area contributed by atoms with Crippen LogP contribution in [0.15, 0.2) is 45.8 Å². The first-order valence-electron chi connectivity index (χ1n) is 5.61. The topological polar surface area (TPSA) is 54.6 Å². The van der Waals surface area contributed by atoms with Gasteiger partial charge in [0.15, 0.2) is 0 Å². The van der Waals surface area contributed by atoms with Crippen molar-refractivity contribution < 1.29 is 9.21 Å². The third-order valence-corrected chi connectivity index (χ3v) is 2.27. The largest absolute Gasteiger partial charge is 0.460 e. The summed E-state index contributed by atoms with van der Waals surface area (Å²) in [6, 6.07) is 11.1. The number of anilines is 1. The Morgan fingerprint density at radius 1 is 1.33 bits per heavy atom. The van der Waals surface area contributed by atoms with Crippen molar-refractivity contribution in [2.24, 2.45) is 4.99 Å². The predicted octanol–water partition coefficient (Wildman–Crippen LogP) is 3.30. The van der Waals surface area contributed by atoms with Crippen LogP contribution in [0.2, 0.25) is 0 Å². The van der Waals surface area contributed by atoms with Gasteiger partial charge in [0.2, 0.25) is 5.91 Å². The van der Waals surface area contributed by atoms with Gasteiger partial charge >= 0.3 is 0 Å². The summed E-state index contributed by atoms with van der Waals surface area (Å²) in [4.78, 5) is 15.2. The van der Waals surface area contributed by atoms with E-state index in [4.69, 9.17) is 4.42 Å². The Kier molecular flexibility index (Phi) is 3.57. The molecule has 1 N–H and O–H groups in total. The molecule has 0 aliphatic rings. The van der Waals surface area contributed by atoms with Crippen molar-refractivity contribution in [3.05, 3.63) is 47.9 Å². The molecular formula is C14H14N2O2. The molecule has 0 aliphatic heterocycles. The Morgan fingerprint density at radius 3 is 2.83 bits per heavy atom. The van der Waals surface area contributed by atoms with E-state index in [0.717, 1.165) is 17.1 Å². The van der Waals surface area contributed by atoms with Crippen molar-refractivity contribution in [3.63, 3.8) is 0 Å². The van der Waals surface area contributed by atoms with Gasteiger partial charge in [-0.3, -0.25) is 9.79 Å². The minimum atomic E-state index is -0.0993. The third-order valence-electron chi connectivity index (χ3n) is 2.27. The van der Waals surface area contributed by atoms with E-state index < -0.39 is 0 Å². The number of amides is 1. The van der Waals surface area contributed by atoms with Crippen LogP contribution in [0.5, 0.6) is 0 Å². The fourth-order valence-electron chi connectivity index (χ4n) is 1.53. The van der Waals surface area contributed by atoms with Crippen LogP contribution in [0, 0.1) is 6.92 Å². The Labute approximate surface area is 105 Å². The monoisotopic (exact) mass is 242 g/mol. The average molecular weight is 242 g/mol. The molecule has 2 rings (SSSR count). The van der Waals surface area contributed by atoms with Crippen LogP contribution in [0.3, 0.4) is 0 Å². The quantitative estimate of drug-likeness (QED) is 0.839. The highest BCUT2D eigenvalue weighted by molar-refractivity contribution is 5.89. The number of hydrogen-bond donors (Lipinski definition) is 1. The van der Waals surface area contributed by atoms with Crippen LogP contribution in [-0.2, 0) is 4.79 Å². The van der Waals surface area contributed by atoms with E-state index in [2.05, 4.69) is 10.3 Å². The maximum atomic E-state index is 10.9. The normalized spacial score (nSPS) is 10.8. The predicted molar refractivity (Wildman–Crippen MR) is 71.4 cm³/mol. The lowest BCUT2D eigenvalue weighted by molar-refractivity contribution is -0.114. The van der Waals surface area contributed by atoms with Crippen LogP contribution in [-0.4, -0.2) is 12.1 Å². The standard InChI is InChI=1S/C14H14N2O2/c1-10-6-7-14(18-10)9-15-12-4-3-5-13(8-12)16-11(2)17/h3-9H,1-2H3,(H,16,17). The molecule has 2 aromatic rings. The molecule has 0 saturated carbocycles. The van der Waals surface area contributed by atoms with Crippen molar-refractivity contribution >= 4 is 23.5 Å². The lowest BCUT2D eigenvalue weighted by atomic mass is 10.3. The van der Waals surface area contributed by atoms with E-state index in [-0.39, 0.29) is 5.91 Å². The van der Waals surface area contributed by atoms with E-state index in [1.807, 2.05) is 37.3 Å². The van der Waals surface area contributed by atoms with E-state index in [9.17, 15) is 4.79 Å². The van der Waals surface area contributed by atoms with Gasteiger partial charge in [-0.25, -0.2) is 0 Å². The van der Waals surface area contributed by atoms with Gasteiger partial charge in [0.05, 0.1) is 11.9 Å². The summed E-state index contributed by atoms with van der Waals surface area (Å²) in [6.07, 6.45) is 1.65. The maximum absolute atomic E-state index is 10.9. The molecule has 0 fully saturated rings. The molecule has 1 aromatic carbocycles. The second-order valence-corrected chi connectivity index (χ2v) is 3.94. The third kappa shape index (κ3) is 3.31. The molecule has 18 heavy (non-hydrogen) atoms. The number of benzene rings is 1. The van der Waals surface area contributed by atoms with Crippen LogP contribution < -0.4 is 5.32 Å². The number of nitrogens with zero attached hydrogens (tertiary/aromatic N) is 1. The second-order valence-electron chi connectivity index (χ2n) is 3.94. The summed E-state index contributed by atoms with van der Waals surface area (Å²) in [7, 11) is 0. The molecule has 4 heteroatoms. The number of carbonyl (C=O) groups excluding carboxylic acids is 1. The van der Waals surface area contributed by atoms with Gasteiger partial charge in [-0.1, -0.05) is 6.07 Å². The van der Waals surface area contributed by atoms with Gasteiger partial charge in [0, 0.05) is 12.6 Å². The summed E-state index contributed by atoms with van der Waals surface area (Å²) < 4.78 is 5.38. The molecule has 1 aromatic heterocycles. The molecule has 1 amide bonds.